The minimum Gasteiger partial charge on any atom is -0.339 e. The summed E-state index contributed by atoms with van der Waals surface area (Å²) < 4.78 is 24.1. The van der Waals surface area contributed by atoms with Crippen molar-refractivity contribution in [2.45, 2.75) is 25.1 Å². The van der Waals surface area contributed by atoms with Gasteiger partial charge >= 0.3 is 0 Å². The highest BCUT2D eigenvalue weighted by molar-refractivity contribution is 7.92. The van der Waals surface area contributed by atoms with Crippen molar-refractivity contribution in [3.63, 3.8) is 0 Å². The van der Waals surface area contributed by atoms with Crippen molar-refractivity contribution < 1.29 is 13.2 Å². The topological polar surface area (TPSA) is 57.7 Å². The van der Waals surface area contributed by atoms with Gasteiger partial charge in [0.1, 0.15) is 5.75 Å². The van der Waals surface area contributed by atoms with Gasteiger partial charge in [-0.2, -0.15) is 0 Å². The highest BCUT2D eigenvalue weighted by atomic mass is 32.2. The van der Waals surface area contributed by atoms with E-state index in [-0.39, 0.29) is 11.9 Å². The fourth-order valence-electron chi connectivity index (χ4n) is 3.54. The molecule has 0 atom stereocenters. The van der Waals surface area contributed by atoms with Crippen LogP contribution in [0.3, 0.4) is 0 Å². The van der Waals surface area contributed by atoms with Gasteiger partial charge in [-0.15, -0.1) is 0 Å². The molecule has 150 valence electrons. The van der Waals surface area contributed by atoms with Gasteiger partial charge in [-0.05, 0) is 25.0 Å². The molecule has 1 heterocycles. The van der Waals surface area contributed by atoms with Crippen molar-refractivity contribution in [1.29, 1.82) is 0 Å². The van der Waals surface area contributed by atoms with Gasteiger partial charge in [0.25, 0.3) is 0 Å². The number of carbonyl (C=O) groups excluding carboxylic acids is 1. The molecule has 1 fully saturated rings. The summed E-state index contributed by atoms with van der Waals surface area (Å²) >= 11 is 0. The Kier molecular flexibility index (Phi) is 6.52. The third-order valence-electron chi connectivity index (χ3n) is 5.31. The number of sulfone groups is 1. The average molecular weight is 401 g/mol. The molecule has 0 aromatic heterocycles. The molecule has 3 rings (SSSR count). The summed E-state index contributed by atoms with van der Waals surface area (Å²) in [6.45, 7) is 5.74. The van der Waals surface area contributed by atoms with E-state index >= 15 is 0 Å². The fourth-order valence-corrected chi connectivity index (χ4v) is 4.40. The molecular formula is C22H28N2O3S. The molecule has 2 aromatic carbocycles. The Morgan fingerprint density at radius 3 is 1.75 bits per heavy atom. The summed E-state index contributed by atoms with van der Waals surface area (Å²) in [5, 5.41) is -0.529. The second-order valence-electron chi connectivity index (χ2n) is 7.50. The zero-order chi connectivity index (χ0) is 20.1. The number of carbonyl (C=O) groups is 1. The van der Waals surface area contributed by atoms with Gasteiger partial charge in [-0.25, -0.2) is 8.42 Å². The Morgan fingerprint density at radius 1 is 0.857 bits per heavy atom. The molecule has 1 aliphatic rings. The van der Waals surface area contributed by atoms with Crippen LogP contribution in [0.5, 0.6) is 0 Å². The molecule has 0 unspecified atom stereocenters. The van der Waals surface area contributed by atoms with Crippen molar-refractivity contribution in [2.75, 3.05) is 31.9 Å². The van der Waals surface area contributed by atoms with Crippen LogP contribution in [-0.2, 0) is 14.6 Å². The van der Waals surface area contributed by atoms with E-state index in [0.717, 1.165) is 0 Å². The lowest BCUT2D eigenvalue weighted by atomic mass is 9.96. The summed E-state index contributed by atoms with van der Waals surface area (Å²) in [5.74, 6) is -0.685. The molecule has 0 bridgehead atoms. The highest BCUT2D eigenvalue weighted by Gasteiger charge is 2.30. The Hall–Kier alpha value is -2.18. The van der Waals surface area contributed by atoms with Crippen LogP contribution in [0, 0.1) is 0 Å². The summed E-state index contributed by atoms with van der Waals surface area (Å²) in [6.07, 6.45) is 0. The first kappa shape index (κ1) is 20.6. The monoisotopic (exact) mass is 400 g/mol. The molecular weight excluding hydrogens is 372 g/mol. The normalized spacial score (nSPS) is 15.9. The van der Waals surface area contributed by atoms with Crippen molar-refractivity contribution in [3.8, 4) is 0 Å². The lowest BCUT2D eigenvalue weighted by molar-refractivity contribution is -0.130. The van der Waals surface area contributed by atoms with Crippen LogP contribution in [0.1, 0.15) is 31.0 Å². The molecule has 1 aliphatic heterocycles. The van der Waals surface area contributed by atoms with E-state index < -0.39 is 20.8 Å². The maximum atomic E-state index is 12.5. The average Bonchev–Trinajstić information content (AvgIpc) is 2.70. The predicted molar refractivity (Wildman–Crippen MR) is 112 cm³/mol. The highest BCUT2D eigenvalue weighted by Crippen LogP contribution is 2.29. The molecule has 6 heteroatoms. The minimum atomic E-state index is -3.37. The molecule has 2 aromatic rings. The van der Waals surface area contributed by atoms with Crippen molar-refractivity contribution in [3.05, 3.63) is 71.8 Å². The first-order valence-electron chi connectivity index (χ1n) is 9.72. The zero-order valence-electron chi connectivity index (χ0n) is 16.5. The Labute approximate surface area is 167 Å². The molecule has 0 N–H and O–H groups in total. The third kappa shape index (κ3) is 4.80. The number of rotatable bonds is 6. The van der Waals surface area contributed by atoms with Gasteiger partial charge in [0, 0.05) is 26.2 Å². The second kappa shape index (κ2) is 8.88. The van der Waals surface area contributed by atoms with Gasteiger partial charge in [-0.3, -0.25) is 9.69 Å². The van der Waals surface area contributed by atoms with Gasteiger partial charge in [-0.1, -0.05) is 60.7 Å². The van der Waals surface area contributed by atoms with Crippen LogP contribution < -0.4 is 0 Å². The minimum absolute atomic E-state index is 0.124. The van der Waals surface area contributed by atoms with Crippen molar-refractivity contribution >= 4 is 15.7 Å². The van der Waals surface area contributed by atoms with Crippen LogP contribution in [0.4, 0.5) is 0 Å². The summed E-state index contributed by atoms with van der Waals surface area (Å²) in [4.78, 5) is 16.5. The maximum Gasteiger partial charge on any atom is 0.237 e. The van der Waals surface area contributed by atoms with E-state index in [2.05, 4.69) is 29.2 Å². The summed E-state index contributed by atoms with van der Waals surface area (Å²) in [5.41, 5.74) is 2.44. The molecule has 0 radical (unpaired) electrons. The van der Waals surface area contributed by atoms with Crippen LogP contribution in [0.2, 0.25) is 0 Å². The quantitative estimate of drug-likeness (QED) is 0.748. The molecule has 1 amide bonds. The molecule has 0 aliphatic carbocycles. The van der Waals surface area contributed by atoms with Crippen LogP contribution in [0.15, 0.2) is 60.7 Å². The Bertz CT molecular complexity index is 835. The van der Waals surface area contributed by atoms with E-state index in [1.165, 1.54) is 11.1 Å². The van der Waals surface area contributed by atoms with Gasteiger partial charge in [0.15, 0.2) is 9.84 Å². The van der Waals surface area contributed by atoms with Crippen molar-refractivity contribution in [2.24, 2.45) is 0 Å². The SMILES string of the molecule is CC(C)S(=O)(=O)CC(=O)N1CCN(C(c2ccccc2)c2ccccc2)CC1. The van der Waals surface area contributed by atoms with E-state index in [1.807, 2.05) is 36.4 Å². The predicted octanol–water partition coefficient (Wildman–Crippen LogP) is 2.74. The zero-order valence-corrected chi connectivity index (χ0v) is 17.3. The van der Waals surface area contributed by atoms with Crippen LogP contribution in [0.25, 0.3) is 0 Å². The number of hydrogen-bond acceptors (Lipinski definition) is 4. The lowest BCUT2D eigenvalue weighted by Gasteiger charge is -2.39. The van der Waals surface area contributed by atoms with Gasteiger partial charge in [0.2, 0.25) is 5.91 Å². The molecule has 5 nitrogen and oxygen atoms in total. The van der Waals surface area contributed by atoms with Gasteiger partial charge in [0.05, 0.1) is 11.3 Å². The standard InChI is InChI=1S/C22H28N2O3S/c1-18(2)28(26,27)17-21(25)23-13-15-24(16-14-23)22(19-9-5-3-6-10-19)20-11-7-4-8-12-20/h3-12,18,22H,13-17H2,1-2H3. The number of amides is 1. The number of nitrogens with zero attached hydrogens (tertiary/aromatic N) is 2. The smallest absolute Gasteiger partial charge is 0.237 e. The van der Waals surface area contributed by atoms with E-state index in [4.69, 9.17) is 0 Å². The molecule has 0 saturated carbocycles. The van der Waals surface area contributed by atoms with Crippen LogP contribution >= 0.6 is 0 Å². The Morgan fingerprint density at radius 2 is 1.32 bits per heavy atom. The molecule has 0 spiro atoms. The number of piperazine rings is 1. The Balaban J connectivity index is 1.72. The number of benzene rings is 2. The van der Waals surface area contributed by atoms with Gasteiger partial charge < -0.3 is 4.90 Å². The van der Waals surface area contributed by atoms with Crippen molar-refractivity contribution in [1.82, 2.24) is 9.80 Å². The maximum absolute atomic E-state index is 12.5. The second-order valence-corrected chi connectivity index (χ2v) is 10.1. The van der Waals surface area contributed by atoms with E-state index in [1.54, 1.807) is 18.7 Å². The largest absolute Gasteiger partial charge is 0.339 e. The van der Waals surface area contributed by atoms with E-state index in [0.29, 0.717) is 26.2 Å². The van der Waals surface area contributed by atoms with Crippen LogP contribution in [-0.4, -0.2) is 61.3 Å². The summed E-state index contributed by atoms with van der Waals surface area (Å²) in [7, 11) is -3.37. The first-order valence-corrected chi connectivity index (χ1v) is 11.4. The third-order valence-corrected chi connectivity index (χ3v) is 7.39. The summed E-state index contributed by atoms with van der Waals surface area (Å²) in [6, 6.07) is 20.8. The number of hydrogen-bond donors (Lipinski definition) is 0. The lowest BCUT2D eigenvalue weighted by Crippen LogP contribution is -2.51. The molecule has 28 heavy (non-hydrogen) atoms. The fraction of sp³-hybridized carbons (Fsp3) is 0.409. The molecule has 1 saturated heterocycles. The van der Waals surface area contributed by atoms with E-state index in [9.17, 15) is 13.2 Å². The first-order chi connectivity index (χ1) is 13.4.